The first-order chi connectivity index (χ1) is 27.1. The molecule has 0 aliphatic heterocycles. The van der Waals surface area contributed by atoms with Crippen molar-refractivity contribution in [2.24, 2.45) is 0 Å². The van der Waals surface area contributed by atoms with Crippen molar-refractivity contribution < 1.29 is 48.2 Å². The summed E-state index contributed by atoms with van der Waals surface area (Å²) in [6.07, 6.45) is 48.6. The third kappa shape index (κ3) is 40.0. The van der Waals surface area contributed by atoms with E-state index in [1.807, 2.05) is 55.5 Å². The summed E-state index contributed by atoms with van der Waals surface area (Å²) in [4.78, 5) is 42.7. The van der Waals surface area contributed by atoms with Gasteiger partial charge < -0.3 is 29.5 Å². The Kier molecular flexibility index (Phi) is 35.8. The van der Waals surface area contributed by atoms with E-state index in [9.17, 15) is 24.4 Å². The van der Waals surface area contributed by atoms with Gasteiger partial charge in [0.15, 0.2) is 6.10 Å². The molecule has 0 unspecified atom stereocenters. The molecule has 0 saturated carbocycles. The Morgan fingerprint density at radius 2 is 1.07 bits per heavy atom. The van der Waals surface area contributed by atoms with Gasteiger partial charge in [0.25, 0.3) is 0 Å². The number of ether oxygens (including phenoxy) is 2. The van der Waals surface area contributed by atoms with E-state index in [1.165, 1.54) is 19.3 Å². The Labute approximate surface area is 336 Å². The number of unbranched alkanes of at least 4 members (excludes halogenated alkanes) is 4. The largest absolute Gasteiger partial charge is 0.469 e. The second kappa shape index (κ2) is 38.3. The average Bonchev–Trinajstić information content (AvgIpc) is 3.16. The van der Waals surface area contributed by atoms with Crippen molar-refractivity contribution in [3.05, 3.63) is 122 Å². The molecule has 0 aromatic heterocycles. The Hall–Kier alpha value is -3.63. The molecule has 0 bridgehead atoms. The molecule has 0 saturated heterocycles. The van der Waals surface area contributed by atoms with Gasteiger partial charge in [-0.3, -0.25) is 14.1 Å². The van der Waals surface area contributed by atoms with Crippen LogP contribution in [-0.2, 0) is 28.2 Å². The number of phosphoric acid groups is 1. The fraction of sp³-hybridized carbons (Fsp3) is 0.511. The number of phosphoric ester groups is 1. The Balaban J connectivity index is 4.31. The van der Waals surface area contributed by atoms with Crippen LogP contribution in [0.15, 0.2) is 122 Å². The summed E-state index contributed by atoms with van der Waals surface area (Å²) < 4.78 is 26.2. The lowest BCUT2D eigenvalue weighted by Gasteiger charge is -2.18. The highest BCUT2D eigenvalue weighted by atomic mass is 31.2. The molecule has 3 atom stereocenters. The normalized spacial score (nSPS) is 14.9. The maximum atomic E-state index is 12.4. The monoisotopic (exact) mass is 800 g/mol. The van der Waals surface area contributed by atoms with E-state index >= 15 is 0 Å². The van der Waals surface area contributed by atoms with Crippen LogP contribution >= 0.6 is 7.82 Å². The smallest absolute Gasteiger partial charge is 0.462 e. The third-order valence-electron chi connectivity index (χ3n) is 7.64. The topological polar surface area (TPSA) is 160 Å². The van der Waals surface area contributed by atoms with Crippen LogP contribution in [0.5, 0.6) is 0 Å². The van der Waals surface area contributed by atoms with E-state index in [-0.39, 0.29) is 12.8 Å². The number of hydrogen-bond acceptors (Lipinski definition) is 8. The highest BCUT2D eigenvalue weighted by molar-refractivity contribution is 7.46. The number of carbonyl (C=O) groups is 2. The van der Waals surface area contributed by atoms with E-state index in [0.717, 1.165) is 32.1 Å². The highest BCUT2D eigenvalue weighted by Crippen LogP contribution is 2.35. The predicted molar refractivity (Wildman–Crippen MR) is 227 cm³/mol. The molecule has 0 spiro atoms. The van der Waals surface area contributed by atoms with Crippen LogP contribution in [0.3, 0.4) is 0 Å². The number of hydrogen-bond donors (Lipinski definition) is 4. The summed E-state index contributed by atoms with van der Waals surface area (Å²) in [5.74, 6) is -1.13. The number of aliphatic hydroxyl groups is 2. The zero-order chi connectivity index (χ0) is 41.4. The van der Waals surface area contributed by atoms with Crippen molar-refractivity contribution in [2.45, 2.75) is 135 Å². The summed E-state index contributed by atoms with van der Waals surface area (Å²) in [7, 11) is -4.82. The van der Waals surface area contributed by atoms with Crippen molar-refractivity contribution in [1.82, 2.24) is 0 Å². The van der Waals surface area contributed by atoms with E-state index in [1.54, 1.807) is 36.5 Å². The summed E-state index contributed by atoms with van der Waals surface area (Å²) in [6, 6.07) is 0. The molecule has 0 aromatic carbocycles. The van der Waals surface area contributed by atoms with Gasteiger partial charge in [-0.2, -0.15) is 0 Å². The van der Waals surface area contributed by atoms with E-state index in [4.69, 9.17) is 19.3 Å². The Bertz CT molecular complexity index is 1350. The number of aliphatic hydroxyl groups excluding tert-OH is 2. The van der Waals surface area contributed by atoms with E-state index in [2.05, 4.69) is 47.9 Å². The molecule has 0 radical (unpaired) electrons. The van der Waals surface area contributed by atoms with Gasteiger partial charge in [0, 0.05) is 12.8 Å². The molecule has 314 valence electrons. The molecule has 4 N–H and O–H groups in total. The first-order valence-electron chi connectivity index (χ1n) is 20.0. The van der Waals surface area contributed by atoms with Gasteiger partial charge in [0.1, 0.15) is 6.61 Å². The van der Waals surface area contributed by atoms with Crippen molar-refractivity contribution >= 4 is 19.8 Å². The van der Waals surface area contributed by atoms with Crippen molar-refractivity contribution in [2.75, 3.05) is 13.2 Å². The first-order valence-corrected chi connectivity index (χ1v) is 21.6. The predicted octanol–water partition coefficient (Wildman–Crippen LogP) is 10.1. The Morgan fingerprint density at radius 3 is 1.61 bits per heavy atom. The van der Waals surface area contributed by atoms with Crippen LogP contribution in [-0.4, -0.2) is 63.5 Å². The number of rotatable bonds is 34. The standard InChI is InChI=1S/C45H69O10P/c1-3-5-7-8-9-10-11-12-13-14-15-16-17-18-19-24-32-38-45(49)55-43(40-54-56(50,51)52)39-53-44(48)37-31-23-21-20-22-28-34-42(47)36-30-26-25-29-35-41(46)33-27-6-4-2/h6,9-10,12-13,15-16,18-19,21-23,25-30,35-36,41-43,46-47H,3-5,7-8,11,14,17,20,24,31-34,37-40H2,1-2H3,(H2,50,51,52)/b10-9-,13-12-,16-15-,19-18-,23-21-,26-25-,27-6-,28-22-,35-29+,36-30+/t41-,42+,43-/m1/s1. The maximum Gasteiger partial charge on any atom is 0.469 e. The van der Waals surface area contributed by atoms with Crippen LogP contribution in [0.4, 0.5) is 0 Å². The molecule has 0 aromatic rings. The van der Waals surface area contributed by atoms with Crippen molar-refractivity contribution in [1.29, 1.82) is 0 Å². The molecule has 11 heteroatoms. The van der Waals surface area contributed by atoms with Gasteiger partial charge in [-0.05, 0) is 77.0 Å². The van der Waals surface area contributed by atoms with Crippen LogP contribution in [0.1, 0.15) is 117 Å². The SMILES string of the molecule is CC/C=C\C[C@@H](O)/C=C/C=C\C=C\[C@@H](O)C/C=C\C/C=C\CCC(=O)OC[C@H](COP(=O)(O)O)OC(=O)CCC/C=C\C/C=C\C/C=C\C/C=C\CCCCC. The summed E-state index contributed by atoms with van der Waals surface area (Å²) in [5, 5.41) is 19.9. The molecule has 56 heavy (non-hydrogen) atoms. The first kappa shape index (κ1) is 52.4. The molecule has 0 fully saturated rings. The lowest BCUT2D eigenvalue weighted by atomic mass is 10.2. The third-order valence-corrected chi connectivity index (χ3v) is 8.13. The minimum atomic E-state index is -4.82. The quantitative estimate of drug-likeness (QED) is 0.0162. The molecule has 0 rings (SSSR count). The van der Waals surface area contributed by atoms with E-state index in [0.29, 0.717) is 38.5 Å². The van der Waals surface area contributed by atoms with Gasteiger partial charge in [0.2, 0.25) is 0 Å². The van der Waals surface area contributed by atoms with Crippen molar-refractivity contribution in [3.8, 4) is 0 Å². The average molecular weight is 801 g/mol. The summed E-state index contributed by atoms with van der Waals surface area (Å²) in [5.41, 5.74) is 0. The second-order valence-electron chi connectivity index (χ2n) is 12.9. The van der Waals surface area contributed by atoms with Crippen LogP contribution in [0.25, 0.3) is 0 Å². The lowest BCUT2D eigenvalue weighted by molar-refractivity contribution is -0.161. The fourth-order valence-corrected chi connectivity index (χ4v) is 4.98. The minimum Gasteiger partial charge on any atom is -0.462 e. The second-order valence-corrected chi connectivity index (χ2v) is 14.2. The van der Waals surface area contributed by atoms with Gasteiger partial charge >= 0.3 is 19.8 Å². The lowest BCUT2D eigenvalue weighted by Crippen LogP contribution is -2.29. The zero-order valence-electron chi connectivity index (χ0n) is 33.7. The number of carbonyl (C=O) groups excluding carboxylic acids is 2. The van der Waals surface area contributed by atoms with Gasteiger partial charge in [-0.1, -0.05) is 148 Å². The molecule has 10 nitrogen and oxygen atoms in total. The van der Waals surface area contributed by atoms with Gasteiger partial charge in [0.05, 0.1) is 18.8 Å². The van der Waals surface area contributed by atoms with Crippen LogP contribution in [0.2, 0.25) is 0 Å². The molecule has 0 amide bonds. The molecular formula is C45H69O10P. The fourth-order valence-electron chi connectivity index (χ4n) is 4.62. The van der Waals surface area contributed by atoms with Gasteiger partial charge in [-0.15, -0.1) is 0 Å². The minimum absolute atomic E-state index is 0.0659. The summed E-state index contributed by atoms with van der Waals surface area (Å²) >= 11 is 0. The molecule has 0 aliphatic carbocycles. The molecular weight excluding hydrogens is 731 g/mol. The van der Waals surface area contributed by atoms with Crippen LogP contribution in [0, 0.1) is 0 Å². The zero-order valence-corrected chi connectivity index (χ0v) is 34.6. The Morgan fingerprint density at radius 1 is 0.571 bits per heavy atom. The van der Waals surface area contributed by atoms with Crippen LogP contribution < -0.4 is 0 Å². The van der Waals surface area contributed by atoms with Crippen molar-refractivity contribution in [3.63, 3.8) is 0 Å². The maximum absolute atomic E-state index is 12.4. The van der Waals surface area contributed by atoms with E-state index < -0.39 is 51.3 Å². The molecule has 0 aliphatic rings. The van der Waals surface area contributed by atoms with Gasteiger partial charge in [-0.25, -0.2) is 4.57 Å². The number of allylic oxidation sites excluding steroid dienone is 16. The summed E-state index contributed by atoms with van der Waals surface area (Å²) in [6.45, 7) is 3.24. The molecule has 0 heterocycles. The highest BCUT2D eigenvalue weighted by Gasteiger charge is 2.22. The number of esters is 2.